The fraction of sp³-hybridized carbons (Fsp3) is 0.478. The van der Waals surface area contributed by atoms with Gasteiger partial charge in [0.25, 0.3) is 17.4 Å². The zero-order chi connectivity index (χ0) is 58.8. The number of nitrogens with two attached hydrogens (primary N) is 1. The Bertz CT molecular complexity index is 3440. The maximum absolute atomic E-state index is 14.0. The van der Waals surface area contributed by atoms with E-state index in [9.17, 15) is 52.9 Å². The lowest BCUT2D eigenvalue weighted by atomic mass is 10.0. The third-order valence-corrected chi connectivity index (χ3v) is 16.5. The number of unbranched alkanes of at least 4 members (excludes halogenated alkanes) is 2. The number of hydrogen-bond donors (Lipinski definition) is 10. The molecule has 32 nitrogen and oxygen atoms in total. The molecule has 2 bridgehead atoms. The Morgan fingerprint density at radius 2 is 1.44 bits per heavy atom. The fourth-order valence-electron chi connectivity index (χ4n) is 9.12. The molecule has 440 valence electrons. The Labute approximate surface area is 474 Å². The van der Waals surface area contributed by atoms with Crippen molar-refractivity contribution in [2.24, 2.45) is 5.92 Å². The van der Waals surface area contributed by atoms with Crippen molar-refractivity contribution < 1.29 is 80.4 Å². The molecule has 9 N–H and O–H groups in total. The Morgan fingerprint density at radius 1 is 0.793 bits per heavy atom. The number of H-pyrrole nitrogens is 1. The second kappa shape index (κ2) is 25.0. The molecule has 6 amide bonds. The van der Waals surface area contributed by atoms with Crippen molar-refractivity contribution in [2.75, 3.05) is 36.1 Å². The number of amides is 6. The molecule has 8 heterocycles. The number of aromatic nitrogens is 8. The number of rotatable bonds is 17. The van der Waals surface area contributed by atoms with E-state index in [1.165, 1.54) is 34.5 Å². The number of nitrogens with one attached hydrogen (secondary N) is 5. The van der Waals surface area contributed by atoms with Gasteiger partial charge in [0.2, 0.25) is 23.7 Å². The molecule has 1 aromatic carbocycles. The number of nitrogen functional groups attached to an aromatic ring is 1. The highest BCUT2D eigenvalue weighted by Crippen LogP contribution is 2.60. The first-order valence-corrected chi connectivity index (χ1v) is 30.7. The lowest BCUT2D eigenvalue weighted by Gasteiger charge is -2.26. The van der Waals surface area contributed by atoms with E-state index in [2.05, 4.69) is 75.7 Å². The van der Waals surface area contributed by atoms with Crippen LogP contribution in [0.25, 0.3) is 22.3 Å². The summed E-state index contributed by atoms with van der Waals surface area (Å²) in [6.07, 6.45) is -5.55. The van der Waals surface area contributed by atoms with Crippen LogP contribution in [0.1, 0.15) is 64.5 Å². The van der Waals surface area contributed by atoms with Gasteiger partial charge in [-0.15, -0.1) is 0 Å². The van der Waals surface area contributed by atoms with Crippen molar-refractivity contribution in [3.05, 3.63) is 71.3 Å². The maximum atomic E-state index is 14.0. The number of hydrogen-bond acceptors (Lipinski definition) is 24. The van der Waals surface area contributed by atoms with Gasteiger partial charge in [-0.05, 0) is 43.4 Å². The molecule has 11 unspecified atom stereocenters. The van der Waals surface area contributed by atoms with E-state index < -0.39 is 111 Å². The summed E-state index contributed by atoms with van der Waals surface area (Å²) in [5.74, 6) is -2.89. The number of imide groups is 1. The van der Waals surface area contributed by atoms with Crippen LogP contribution in [-0.4, -0.2) is 158 Å². The molecule has 9 rings (SSSR count). The lowest BCUT2D eigenvalue weighted by Crippen LogP contribution is -2.53. The van der Waals surface area contributed by atoms with Crippen LogP contribution in [0, 0.1) is 5.92 Å². The maximum Gasteiger partial charge on any atom is 0.413 e. The zero-order valence-electron chi connectivity index (χ0n) is 43.6. The number of fused-ring (bicyclic) bond motifs is 5. The van der Waals surface area contributed by atoms with Crippen LogP contribution in [0.15, 0.2) is 60.2 Å². The van der Waals surface area contributed by atoms with Crippen LogP contribution in [0.2, 0.25) is 0 Å². The predicted molar refractivity (Wildman–Crippen MR) is 290 cm³/mol. The Kier molecular flexibility index (Phi) is 18.3. The van der Waals surface area contributed by atoms with Crippen molar-refractivity contribution >= 4 is 114 Å². The molecule has 4 aliphatic heterocycles. The predicted octanol–water partition coefficient (Wildman–Crippen LogP) is 1.77. The highest BCUT2D eigenvalue weighted by atomic mass is 32.7. The van der Waals surface area contributed by atoms with Gasteiger partial charge in [0, 0.05) is 30.8 Å². The number of carbonyl (C=O) groups excluding carboxylic acids is 6. The average Bonchev–Trinajstić information content (AvgIpc) is 3.06. The van der Waals surface area contributed by atoms with Gasteiger partial charge in [-0.25, -0.2) is 33.9 Å². The zero-order valence-corrected chi connectivity index (χ0v) is 47.2. The molecule has 82 heavy (non-hydrogen) atoms. The number of aromatic amines is 1. The fourth-order valence-corrected chi connectivity index (χ4v) is 12.1. The molecule has 0 radical (unpaired) electrons. The first-order valence-electron chi connectivity index (χ1n) is 25.3. The third-order valence-electron chi connectivity index (χ3n) is 13.3. The molecule has 36 heteroatoms. The first-order chi connectivity index (χ1) is 39.0. The summed E-state index contributed by atoms with van der Waals surface area (Å²) in [7, 11) is 0. The van der Waals surface area contributed by atoms with Gasteiger partial charge in [0.15, 0.2) is 40.6 Å². The van der Waals surface area contributed by atoms with Crippen molar-refractivity contribution in [1.82, 2.24) is 54.6 Å². The summed E-state index contributed by atoms with van der Waals surface area (Å²) >= 11 is 8.24. The normalized spacial score (nSPS) is 27.3. The number of aliphatic hydroxyl groups is 2. The van der Waals surface area contributed by atoms with E-state index in [1.54, 1.807) is 38.1 Å². The SMILES string of the molecule is CC(C)C(NC(=O)CCCCCN1C(=O)C=CC1=O)C(=O)N[C@@H](C)C(=O)Nc1ccc(COC(=O)Nc2ncnc3c2ncn3C2OC3COP(=O)(S)OC4C(COP(=O)(S)OC2C3O)OC(n2cnc3c(=O)[nH]c(N)nc32)C4O)cc1. The highest BCUT2D eigenvalue weighted by molar-refractivity contribution is 8.44. The van der Waals surface area contributed by atoms with Crippen LogP contribution in [0.3, 0.4) is 0 Å². The number of benzene rings is 1. The van der Waals surface area contributed by atoms with E-state index in [-0.39, 0.29) is 77.3 Å². The molecular weight excluding hydrogens is 1160 g/mol. The summed E-state index contributed by atoms with van der Waals surface area (Å²) in [6.45, 7) is -5.41. The van der Waals surface area contributed by atoms with Gasteiger partial charge in [0.05, 0.1) is 25.9 Å². The molecule has 3 fully saturated rings. The molecule has 0 spiro atoms. The molecular formula is C46H56N14O18P2S2. The van der Waals surface area contributed by atoms with E-state index in [0.29, 0.717) is 30.5 Å². The van der Waals surface area contributed by atoms with E-state index >= 15 is 0 Å². The molecule has 4 aromatic heterocycles. The molecule has 0 saturated carbocycles. The van der Waals surface area contributed by atoms with Gasteiger partial charge in [-0.3, -0.25) is 71.2 Å². The Hall–Kier alpha value is -6.68. The van der Waals surface area contributed by atoms with Gasteiger partial charge in [-0.2, -0.15) is 4.98 Å². The van der Waals surface area contributed by atoms with Crippen molar-refractivity contribution in [3.63, 3.8) is 0 Å². The number of carbonyl (C=O) groups is 6. The van der Waals surface area contributed by atoms with Gasteiger partial charge in [-0.1, -0.05) is 56.9 Å². The van der Waals surface area contributed by atoms with Gasteiger partial charge >= 0.3 is 19.7 Å². The van der Waals surface area contributed by atoms with Crippen LogP contribution in [-0.2, 0) is 72.0 Å². The van der Waals surface area contributed by atoms with Crippen molar-refractivity contribution in [1.29, 1.82) is 0 Å². The van der Waals surface area contributed by atoms with Crippen LogP contribution in [0.5, 0.6) is 0 Å². The highest BCUT2D eigenvalue weighted by Gasteiger charge is 2.53. The minimum atomic E-state index is -4.55. The van der Waals surface area contributed by atoms with Crippen molar-refractivity contribution in [2.45, 2.75) is 114 Å². The molecule has 3 saturated heterocycles. The monoisotopic (exact) mass is 1220 g/mol. The molecule has 0 aliphatic carbocycles. The summed E-state index contributed by atoms with van der Waals surface area (Å²) < 4.78 is 70.4. The van der Waals surface area contributed by atoms with Gasteiger partial charge in [0.1, 0.15) is 61.6 Å². The quantitative estimate of drug-likeness (QED) is 0.0274. The van der Waals surface area contributed by atoms with E-state index in [1.807, 2.05) is 0 Å². The number of nitrogens with zero attached hydrogens (tertiary/aromatic N) is 8. The number of ether oxygens (including phenoxy) is 3. The topological polar surface area (TPSA) is 426 Å². The molecule has 5 aromatic rings. The summed E-state index contributed by atoms with van der Waals surface area (Å²) in [5.41, 5.74) is 5.72. The minimum absolute atomic E-state index is 0.000603. The summed E-state index contributed by atoms with van der Waals surface area (Å²) in [4.78, 5) is 112. The second-order valence-electron chi connectivity index (χ2n) is 19.5. The summed E-state index contributed by atoms with van der Waals surface area (Å²) in [6, 6.07) is 4.35. The Balaban J connectivity index is 0.772. The third kappa shape index (κ3) is 13.7. The average molecular weight is 1220 g/mol. The summed E-state index contributed by atoms with van der Waals surface area (Å²) in [5, 5.41) is 33.5. The van der Waals surface area contributed by atoms with Crippen LogP contribution >= 0.6 is 38.1 Å². The lowest BCUT2D eigenvalue weighted by molar-refractivity contribution is -0.137. The number of thiol groups is 2. The van der Waals surface area contributed by atoms with E-state index in [4.69, 9.17) is 38.0 Å². The number of anilines is 3. The Morgan fingerprint density at radius 3 is 2.13 bits per heavy atom. The van der Waals surface area contributed by atoms with Gasteiger partial charge < -0.3 is 46.1 Å². The number of aliphatic hydroxyl groups excluding tert-OH is 2. The van der Waals surface area contributed by atoms with Crippen LogP contribution in [0.4, 0.5) is 22.2 Å². The largest absolute Gasteiger partial charge is 0.444 e. The smallest absolute Gasteiger partial charge is 0.413 e. The first kappa shape index (κ1) is 59.9. The standard InChI is InChI=1S/C46H56N14O18P2S2/c1-21(2)30(54-27(61)7-5-4-6-14-58-28(62)12-13-29(58)63)41(67)52-22(3)40(66)53-24-10-8-23(9-11-24)15-72-46(69)55-37-31-38(49-18-48-37)59(19-50-31)44-36-33(64)25(75-44)16-73-79(70,81)77-35-26(17-74-80(71,82)78-36)76-43(34(35)65)60-20-51-32-39(60)56-45(47)57-42(32)68/h8-13,18-22,25-26,30,33-36,43-44,64-65H,4-7,14-17H2,1-3H3,(H,52,67)(H,53,66)(H,54,61)(H,70,81)(H,71,82)(H3,47,56,57,68)(H,48,49,55,69)/t22-,25?,26?,30?,33?,34?,35?,36?,43?,44?,79?,80?/m0/s1. The minimum Gasteiger partial charge on any atom is -0.444 e. The molecule has 4 aliphatic rings. The van der Waals surface area contributed by atoms with Crippen molar-refractivity contribution in [3.8, 4) is 0 Å². The molecule has 12 atom stereocenters. The second-order valence-corrected chi connectivity index (χ2v) is 25.2. The van der Waals surface area contributed by atoms with E-state index in [0.717, 1.165) is 17.6 Å². The van der Waals surface area contributed by atoms with Crippen LogP contribution < -0.4 is 32.6 Å². The number of imidazole rings is 2.